The summed E-state index contributed by atoms with van der Waals surface area (Å²) in [7, 11) is 1.95. The number of nitrogens with one attached hydrogen (secondary N) is 1. The number of halogens is 1. The molecule has 1 N–H and O–H groups in total. The van der Waals surface area contributed by atoms with Crippen molar-refractivity contribution < 1.29 is 4.42 Å². The number of nitrogens with zero attached hydrogens (tertiary/aromatic N) is 1. The fourth-order valence-electron chi connectivity index (χ4n) is 2.44. The molecule has 0 bridgehead atoms. The van der Waals surface area contributed by atoms with Gasteiger partial charge in [-0.05, 0) is 60.2 Å². The van der Waals surface area contributed by atoms with Crippen molar-refractivity contribution in [3.8, 4) is 0 Å². The second kappa shape index (κ2) is 6.00. The molecule has 21 heavy (non-hydrogen) atoms. The highest BCUT2D eigenvalue weighted by Crippen LogP contribution is 2.26. The molecular formula is C17H17BrN2O. The highest BCUT2D eigenvalue weighted by atomic mass is 79.9. The molecule has 3 rings (SSSR count). The van der Waals surface area contributed by atoms with E-state index in [1.807, 2.05) is 31.4 Å². The van der Waals surface area contributed by atoms with E-state index in [9.17, 15) is 0 Å². The molecule has 108 valence electrons. The molecule has 0 fully saturated rings. The van der Waals surface area contributed by atoms with E-state index >= 15 is 0 Å². The van der Waals surface area contributed by atoms with Crippen molar-refractivity contribution in [2.45, 2.75) is 19.4 Å². The number of aromatic nitrogens is 1. The number of likely N-dealkylation sites (N-methyl/N-ethyl adjacent to an activating group) is 1. The Balaban J connectivity index is 1.88. The average Bonchev–Trinajstić information content (AvgIpc) is 2.89. The van der Waals surface area contributed by atoms with Crippen molar-refractivity contribution in [2.24, 2.45) is 0 Å². The zero-order valence-corrected chi connectivity index (χ0v) is 13.6. The van der Waals surface area contributed by atoms with Gasteiger partial charge >= 0.3 is 0 Å². The number of pyridine rings is 1. The van der Waals surface area contributed by atoms with Crippen LogP contribution in [0.4, 0.5) is 0 Å². The number of fused-ring (bicyclic) bond motifs is 1. The van der Waals surface area contributed by atoms with Crippen LogP contribution in [0.5, 0.6) is 0 Å². The number of hydrogen-bond acceptors (Lipinski definition) is 3. The summed E-state index contributed by atoms with van der Waals surface area (Å²) in [6.45, 7) is 2.09. The summed E-state index contributed by atoms with van der Waals surface area (Å²) in [5, 5.41) is 4.46. The van der Waals surface area contributed by atoms with Gasteiger partial charge in [0.25, 0.3) is 0 Å². The third kappa shape index (κ3) is 3.17. The number of hydrogen-bond donors (Lipinski definition) is 1. The minimum Gasteiger partial charge on any atom is -0.459 e. The SMILES string of the molecule is CNC(Cc1ccc(Br)cn1)c1cc2cc(C)ccc2o1. The standard InChI is InChI=1S/C17H17BrN2O/c1-11-3-6-16-12(7-11)8-17(21-16)15(19-2)9-14-5-4-13(18)10-20-14/h3-8,10,15,19H,9H2,1-2H3. The molecule has 3 nitrogen and oxygen atoms in total. The highest BCUT2D eigenvalue weighted by molar-refractivity contribution is 9.10. The molecule has 2 heterocycles. The first-order valence-electron chi connectivity index (χ1n) is 6.93. The lowest BCUT2D eigenvalue weighted by molar-refractivity contribution is 0.448. The van der Waals surface area contributed by atoms with Crippen molar-refractivity contribution in [2.75, 3.05) is 7.05 Å². The number of furan rings is 1. The van der Waals surface area contributed by atoms with E-state index in [1.54, 1.807) is 0 Å². The van der Waals surface area contributed by atoms with E-state index in [4.69, 9.17) is 4.42 Å². The summed E-state index contributed by atoms with van der Waals surface area (Å²) >= 11 is 3.41. The van der Waals surface area contributed by atoms with Crippen LogP contribution in [0.15, 0.2) is 51.5 Å². The largest absolute Gasteiger partial charge is 0.459 e. The molecule has 0 aliphatic rings. The van der Waals surface area contributed by atoms with Gasteiger partial charge in [0.2, 0.25) is 0 Å². The molecule has 0 aliphatic heterocycles. The lowest BCUT2D eigenvalue weighted by Crippen LogP contribution is -2.18. The van der Waals surface area contributed by atoms with Gasteiger partial charge in [-0.2, -0.15) is 0 Å². The molecule has 2 aromatic heterocycles. The molecule has 0 amide bonds. The average molecular weight is 345 g/mol. The molecule has 0 aliphatic carbocycles. The zero-order chi connectivity index (χ0) is 14.8. The van der Waals surface area contributed by atoms with Crippen LogP contribution in [-0.4, -0.2) is 12.0 Å². The van der Waals surface area contributed by atoms with Crippen molar-refractivity contribution in [1.29, 1.82) is 0 Å². The summed E-state index contributed by atoms with van der Waals surface area (Å²) in [6, 6.07) is 12.5. The Labute approximate surface area is 132 Å². The minimum atomic E-state index is 0.117. The highest BCUT2D eigenvalue weighted by Gasteiger charge is 2.16. The fourth-order valence-corrected chi connectivity index (χ4v) is 2.67. The lowest BCUT2D eigenvalue weighted by Gasteiger charge is -2.12. The van der Waals surface area contributed by atoms with E-state index in [0.29, 0.717) is 0 Å². The van der Waals surface area contributed by atoms with E-state index in [2.05, 4.69) is 51.4 Å². The van der Waals surface area contributed by atoms with E-state index in [1.165, 1.54) is 5.56 Å². The first-order valence-corrected chi connectivity index (χ1v) is 7.73. The van der Waals surface area contributed by atoms with Crippen LogP contribution >= 0.6 is 15.9 Å². The Bertz CT molecular complexity index is 749. The van der Waals surface area contributed by atoms with Crippen LogP contribution in [0.2, 0.25) is 0 Å². The molecule has 4 heteroatoms. The lowest BCUT2D eigenvalue weighted by atomic mass is 10.1. The van der Waals surface area contributed by atoms with Crippen LogP contribution in [0, 0.1) is 6.92 Å². The molecule has 3 aromatic rings. The van der Waals surface area contributed by atoms with Gasteiger partial charge in [0.15, 0.2) is 0 Å². The monoisotopic (exact) mass is 344 g/mol. The summed E-state index contributed by atoms with van der Waals surface area (Å²) in [6.07, 6.45) is 2.62. The summed E-state index contributed by atoms with van der Waals surface area (Å²) in [5.41, 5.74) is 3.21. The number of aryl methyl sites for hydroxylation is 1. The van der Waals surface area contributed by atoms with Gasteiger partial charge in [0.05, 0.1) is 6.04 Å². The quantitative estimate of drug-likeness (QED) is 0.762. The summed E-state index contributed by atoms with van der Waals surface area (Å²) in [5.74, 6) is 0.947. The molecule has 1 unspecified atom stereocenters. The first kappa shape index (κ1) is 14.3. The zero-order valence-electron chi connectivity index (χ0n) is 12.1. The Morgan fingerprint density at radius 1 is 1.24 bits per heavy atom. The maximum Gasteiger partial charge on any atom is 0.134 e. The van der Waals surface area contributed by atoms with Gasteiger partial charge in [-0.15, -0.1) is 0 Å². The van der Waals surface area contributed by atoms with Gasteiger partial charge in [0.1, 0.15) is 11.3 Å². The Kier molecular flexibility index (Phi) is 4.08. The van der Waals surface area contributed by atoms with Crippen molar-refractivity contribution in [1.82, 2.24) is 10.3 Å². The minimum absolute atomic E-state index is 0.117. The van der Waals surface area contributed by atoms with Crippen molar-refractivity contribution in [3.63, 3.8) is 0 Å². The van der Waals surface area contributed by atoms with Crippen LogP contribution < -0.4 is 5.32 Å². The van der Waals surface area contributed by atoms with Crippen LogP contribution in [-0.2, 0) is 6.42 Å². The molecule has 1 aromatic carbocycles. The van der Waals surface area contributed by atoms with Crippen LogP contribution in [0.3, 0.4) is 0 Å². The van der Waals surface area contributed by atoms with E-state index in [0.717, 1.165) is 33.3 Å². The Morgan fingerprint density at radius 2 is 2.10 bits per heavy atom. The second-order valence-corrected chi connectivity index (χ2v) is 6.12. The Hall–Kier alpha value is -1.65. The van der Waals surface area contributed by atoms with Crippen LogP contribution in [0.25, 0.3) is 11.0 Å². The van der Waals surface area contributed by atoms with E-state index < -0.39 is 0 Å². The normalized spacial score (nSPS) is 12.7. The summed E-state index contributed by atoms with van der Waals surface area (Å²) < 4.78 is 6.96. The molecular weight excluding hydrogens is 328 g/mol. The molecule has 0 saturated heterocycles. The van der Waals surface area contributed by atoms with Gasteiger partial charge in [-0.25, -0.2) is 0 Å². The molecule has 0 radical (unpaired) electrons. The Morgan fingerprint density at radius 3 is 2.81 bits per heavy atom. The second-order valence-electron chi connectivity index (χ2n) is 5.20. The van der Waals surface area contributed by atoms with Crippen LogP contribution in [0.1, 0.15) is 23.1 Å². The van der Waals surface area contributed by atoms with Crippen molar-refractivity contribution >= 4 is 26.9 Å². The summed E-state index contributed by atoms with van der Waals surface area (Å²) in [4.78, 5) is 4.43. The maximum atomic E-state index is 5.97. The predicted molar refractivity (Wildman–Crippen MR) is 88.4 cm³/mol. The third-order valence-corrected chi connectivity index (χ3v) is 4.05. The van der Waals surface area contributed by atoms with Gasteiger partial charge < -0.3 is 9.73 Å². The molecule has 0 spiro atoms. The fraction of sp³-hybridized carbons (Fsp3) is 0.235. The smallest absolute Gasteiger partial charge is 0.134 e. The van der Waals surface area contributed by atoms with Crippen molar-refractivity contribution in [3.05, 3.63) is 64.1 Å². The maximum absolute atomic E-state index is 5.97. The number of rotatable bonds is 4. The van der Waals surface area contributed by atoms with Gasteiger partial charge in [-0.3, -0.25) is 4.98 Å². The van der Waals surface area contributed by atoms with Gasteiger partial charge in [-0.1, -0.05) is 11.6 Å². The topological polar surface area (TPSA) is 38.1 Å². The van der Waals surface area contributed by atoms with Gasteiger partial charge in [0, 0.05) is 28.2 Å². The third-order valence-electron chi connectivity index (χ3n) is 3.58. The number of benzene rings is 1. The predicted octanol–water partition coefficient (Wildman–Crippen LogP) is 4.40. The first-order chi connectivity index (χ1) is 10.2. The molecule has 1 atom stereocenters. The van der Waals surface area contributed by atoms with E-state index in [-0.39, 0.29) is 6.04 Å². The molecule has 0 saturated carbocycles.